The van der Waals surface area contributed by atoms with E-state index in [0.29, 0.717) is 23.9 Å². The minimum Gasteiger partial charge on any atom is -0.341 e. The van der Waals surface area contributed by atoms with Gasteiger partial charge in [0.05, 0.1) is 6.04 Å². The molecule has 0 saturated carbocycles. The van der Waals surface area contributed by atoms with E-state index in [1.54, 1.807) is 11.8 Å². The monoisotopic (exact) mass is 473 g/mol. The lowest BCUT2D eigenvalue weighted by Crippen LogP contribution is -2.63. The Morgan fingerprint density at radius 3 is 2.50 bits per heavy atom. The Balaban J connectivity index is 0.00000160. The Bertz CT molecular complexity index is 705. The maximum absolute atomic E-state index is 13.2. The number of piperidine rings is 3. The molecule has 3 aliphatic heterocycles. The van der Waals surface area contributed by atoms with Gasteiger partial charge in [-0.05, 0) is 63.2 Å². The molecule has 4 rings (SSSR count). The number of carbonyl (C=O) groups excluding carboxylic acids is 1. The molecule has 3 aliphatic rings. The zero-order valence-electron chi connectivity index (χ0n) is 18.3. The third-order valence-electron chi connectivity index (χ3n) is 7.42. The Labute approximate surface area is 198 Å². The summed E-state index contributed by atoms with van der Waals surface area (Å²) in [5.41, 5.74) is 7.86. The quantitative estimate of drug-likeness (QED) is 0.704. The third-order valence-corrected chi connectivity index (χ3v) is 8.73. The lowest BCUT2D eigenvalue weighted by atomic mass is 9.73. The van der Waals surface area contributed by atoms with Crippen LogP contribution in [-0.4, -0.2) is 58.4 Å². The second-order valence-electron chi connectivity index (χ2n) is 9.51. The number of nitrogens with zero attached hydrogens (tertiary/aromatic N) is 2. The van der Waals surface area contributed by atoms with Gasteiger partial charge in [-0.3, -0.25) is 9.69 Å². The minimum absolute atomic E-state index is 0. The molecule has 1 aromatic carbocycles. The fourth-order valence-electron chi connectivity index (χ4n) is 5.64. The Morgan fingerprint density at radius 1 is 1.13 bits per heavy atom. The van der Waals surface area contributed by atoms with Crippen molar-refractivity contribution in [3.63, 3.8) is 0 Å². The van der Waals surface area contributed by atoms with Crippen LogP contribution in [0.4, 0.5) is 0 Å². The highest BCUT2D eigenvalue weighted by atomic mass is 35.5. The van der Waals surface area contributed by atoms with E-state index in [9.17, 15) is 4.79 Å². The van der Waals surface area contributed by atoms with Crippen LogP contribution in [0, 0.1) is 11.8 Å². The van der Waals surface area contributed by atoms with Crippen LogP contribution in [0.15, 0.2) is 30.3 Å². The van der Waals surface area contributed by atoms with Crippen LogP contribution in [0.2, 0.25) is 0 Å². The molecule has 30 heavy (non-hydrogen) atoms. The van der Waals surface area contributed by atoms with Crippen LogP contribution in [0.1, 0.15) is 51.1 Å². The van der Waals surface area contributed by atoms with Gasteiger partial charge in [0.1, 0.15) is 0 Å². The average Bonchev–Trinajstić information content (AvgIpc) is 2.72. The Kier molecular flexibility index (Phi) is 8.98. The average molecular weight is 475 g/mol. The zero-order valence-corrected chi connectivity index (χ0v) is 20.8. The van der Waals surface area contributed by atoms with E-state index in [-0.39, 0.29) is 35.5 Å². The number of nitrogens with two attached hydrogens (primary N) is 1. The lowest BCUT2D eigenvalue weighted by Gasteiger charge is -2.55. The van der Waals surface area contributed by atoms with Gasteiger partial charge in [0, 0.05) is 36.5 Å². The Morgan fingerprint density at radius 2 is 1.83 bits per heavy atom. The van der Waals surface area contributed by atoms with E-state index >= 15 is 0 Å². The van der Waals surface area contributed by atoms with Gasteiger partial charge in [0.2, 0.25) is 5.91 Å². The SMILES string of the molecule is CSC(C)(C)[C@H](N)C(=O)N1C[C@@H]2C[C@H](C1)[C@@H]1CCC[C@H](c3ccccc3)N1C2.Cl.Cl. The van der Waals surface area contributed by atoms with E-state index in [0.717, 1.165) is 19.6 Å². The largest absolute Gasteiger partial charge is 0.341 e. The maximum Gasteiger partial charge on any atom is 0.240 e. The first-order chi connectivity index (χ1) is 13.4. The van der Waals surface area contributed by atoms with Crippen LogP contribution in [0.5, 0.6) is 0 Å². The zero-order chi connectivity index (χ0) is 19.9. The van der Waals surface area contributed by atoms with Crippen LogP contribution in [0.3, 0.4) is 0 Å². The molecule has 0 unspecified atom stereocenters. The number of hydrogen-bond donors (Lipinski definition) is 1. The molecular formula is C23H37Cl2N3OS. The summed E-state index contributed by atoms with van der Waals surface area (Å²) in [4.78, 5) is 18.0. The topological polar surface area (TPSA) is 49.6 Å². The standard InChI is InChI=1S/C23H35N3OS.2ClH/c1-23(2,28-3)21(24)22(27)25-13-16-12-18(15-25)20-11-7-10-19(26(20)14-16)17-8-5-4-6-9-17;;/h4-6,8-9,16,18-21H,7,10-15,24H2,1-3H3;2*1H/t16-,18+,19+,20-,21+;;/m0../s1. The molecule has 2 bridgehead atoms. The van der Waals surface area contributed by atoms with Crippen molar-refractivity contribution >= 4 is 42.5 Å². The van der Waals surface area contributed by atoms with Crippen LogP contribution >= 0.6 is 36.6 Å². The van der Waals surface area contributed by atoms with Crippen molar-refractivity contribution in [3.05, 3.63) is 35.9 Å². The second kappa shape index (κ2) is 10.4. The van der Waals surface area contributed by atoms with Gasteiger partial charge in [-0.25, -0.2) is 0 Å². The van der Waals surface area contributed by atoms with Crippen molar-refractivity contribution in [1.29, 1.82) is 0 Å². The second-order valence-corrected chi connectivity index (χ2v) is 11.0. The van der Waals surface area contributed by atoms with Crippen LogP contribution in [-0.2, 0) is 4.79 Å². The highest BCUT2D eigenvalue weighted by molar-refractivity contribution is 8.00. The summed E-state index contributed by atoms with van der Waals surface area (Å²) in [6, 6.07) is 11.7. The van der Waals surface area contributed by atoms with Crippen LogP contribution in [0.25, 0.3) is 0 Å². The van der Waals surface area contributed by atoms with Gasteiger partial charge >= 0.3 is 0 Å². The summed E-state index contributed by atoms with van der Waals surface area (Å²) < 4.78 is -0.223. The summed E-state index contributed by atoms with van der Waals surface area (Å²) in [6.07, 6.45) is 7.13. The molecule has 3 fully saturated rings. The predicted octanol–water partition coefficient (Wildman–Crippen LogP) is 4.37. The van der Waals surface area contributed by atoms with Gasteiger partial charge in [0.25, 0.3) is 0 Å². The third kappa shape index (κ3) is 4.96. The van der Waals surface area contributed by atoms with E-state index in [4.69, 9.17) is 5.73 Å². The number of amides is 1. The van der Waals surface area contributed by atoms with E-state index < -0.39 is 6.04 Å². The molecule has 0 aromatic heterocycles. The molecule has 170 valence electrons. The molecule has 4 nitrogen and oxygen atoms in total. The molecule has 7 heteroatoms. The van der Waals surface area contributed by atoms with Gasteiger partial charge in [-0.15, -0.1) is 24.8 Å². The molecule has 3 heterocycles. The minimum atomic E-state index is -0.430. The van der Waals surface area contributed by atoms with Crippen molar-refractivity contribution in [2.75, 3.05) is 25.9 Å². The number of hydrogen-bond acceptors (Lipinski definition) is 4. The van der Waals surface area contributed by atoms with Gasteiger partial charge in [-0.1, -0.05) is 30.3 Å². The summed E-state index contributed by atoms with van der Waals surface area (Å²) in [5.74, 6) is 1.32. The molecule has 1 aromatic rings. The number of carbonyl (C=O) groups is 1. The summed E-state index contributed by atoms with van der Waals surface area (Å²) >= 11 is 1.68. The fourth-order valence-corrected chi connectivity index (χ4v) is 6.00. The van der Waals surface area contributed by atoms with E-state index in [1.807, 2.05) is 6.26 Å². The lowest BCUT2D eigenvalue weighted by molar-refractivity contribution is -0.141. The predicted molar refractivity (Wildman–Crippen MR) is 132 cm³/mol. The van der Waals surface area contributed by atoms with Gasteiger partial charge in [-0.2, -0.15) is 11.8 Å². The molecule has 0 radical (unpaired) electrons. The van der Waals surface area contributed by atoms with Gasteiger partial charge < -0.3 is 10.6 Å². The van der Waals surface area contributed by atoms with Crippen molar-refractivity contribution in [2.24, 2.45) is 17.6 Å². The van der Waals surface area contributed by atoms with E-state index in [2.05, 4.69) is 54.0 Å². The first-order valence-electron chi connectivity index (χ1n) is 10.8. The smallest absolute Gasteiger partial charge is 0.240 e. The highest BCUT2D eigenvalue weighted by Gasteiger charge is 2.47. The number of benzene rings is 1. The molecule has 5 atom stereocenters. The molecular weight excluding hydrogens is 437 g/mol. The molecule has 1 amide bonds. The number of likely N-dealkylation sites (tertiary alicyclic amines) is 1. The molecule has 2 N–H and O–H groups in total. The molecule has 3 saturated heterocycles. The van der Waals surface area contributed by atoms with Gasteiger partial charge in [0.15, 0.2) is 0 Å². The van der Waals surface area contributed by atoms with Crippen molar-refractivity contribution in [2.45, 2.75) is 62.4 Å². The normalized spacial score (nSPS) is 29.8. The molecule has 0 aliphatic carbocycles. The number of halogens is 2. The number of thioether (sulfide) groups is 1. The van der Waals surface area contributed by atoms with Crippen molar-refractivity contribution < 1.29 is 4.79 Å². The van der Waals surface area contributed by atoms with Crippen LogP contribution < -0.4 is 5.73 Å². The number of fused-ring (bicyclic) bond motifs is 4. The Hall–Kier alpha value is -0.460. The maximum atomic E-state index is 13.2. The molecule has 0 spiro atoms. The number of rotatable bonds is 4. The first kappa shape index (κ1) is 25.8. The highest BCUT2D eigenvalue weighted by Crippen LogP contribution is 2.44. The fraction of sp³-hybridized carbons (Fsp3) is 0.696. The van der Waals surface area contributed by atoms with E-state index in [1.165, 1.54) is 31.2 Å². The van der Waals surface area contributed by atoms with Crippen molar-refractivity contribution in [1.82, 2.24) is 9.80 Å². The summed E-state index contributed by atoms with van der Waals surface area (Å²) in [7, 11) is 0. The summed E-state index contributed by atoms with van der Waals surface area (Å²) in [6.45, 7) is 7.04. The first-order valence-corrected chi connectivity index (χ1v) is 12.0. The van der Waals surface area contributed by atoms with Crippen molar-refractivity contribution in [3.8, 4) is 0 Å². The summed E-state index contributed by atoms with van der Waals surface area (Å²) in [5, 5.41) is 0.